The van der Waals surface area contributed by atoms with Crippen LogP contribution in [0, 0.1) is 22.7 Å². The van der Waals surface area contributed by atoms with Gasteiger partial charge in [0.2, 0.25) is 11.8 Å². The fraction of sp³-hybridized carbons (Fsp3) is 0.824. The molecular weight excluding hydrogens is 326 g/mol. The molecule has 1 aliphatic heterocycles. The number of hydrogen-bond donors (Lipinski definition) is 4. The highest BCUT2D eigenvalue weighted by Gasteiger charge is 2.79. The highest BCUT2D eigenvalue weighted by molar-refractivity contribution is 5.91. The number of carboxylic acid groups (broad SMARTS) is 1. The fourth-order valence-corrected chi connectivity index (χ4v) is 4.77. The number of likely N-dealkylation sites (tertiary alicyclic amines) is 1. The molecule has 140 valence electrons. The van der Waals surface area contributed by atoms with E-state index >= 15 is 0 Å². The molecule has 8 heteroatoms. The van der Waals surface area contributed by atoms with Crippen LogP contribution in [0.5, 0.6) is 0 Å². The molecule has 0 bridgehead atoms. The maximum Gasteiger partial charge on any atom is 0.407 e. The second-order valence-corrected chi connectivity index (χ2v) is 8.37. The van der Waals surface area contributed by atoms with Crippen LogP contribution in [-0.4, -0.2) is 58.3 Å². The molecule has 0 radical (unpaired) electrons. The molecule has 4 unspecified atom stereocenters. The van der Waals surface area contributed by atoms with Gasteiger partial charge in [-0.15, -0.1) is 0 Å². The molecule has 0 aromatic rings. The van der Waals surface area contributed by atoms with Gasteiger partial charge >= 0.3 is 6.09 Å². The molecule has 3 fully saturated rings. The molecule has 0 aromatic heterocycles. The predicted molar refractivity (Wildman–Crippen MR) is 88.4 cm³/mol. The monoisotopic (exact) mass is 353 g/mol. The summed E-state index contributed by atoms with van der Waals surface area (Å²) in [6.07, 6.45) is 1.20. The van der Waals surface area contributed by atoms with Crippen LogP contribution in [0.3, 0.4) is 0 Å². The first kappa shape index (κ1) is 18.0. The first-order valence-electron chi connectivity index (χ1n) is 8.87. The molecule has 8 nitrogen and oxygen atoms in total. The third-order valence-corrected chi connectivity index (χ3v) is 6.85. The molecule has 1 saturated heterocycles. The lowest BCUT2D eigenvalue weighted by Gasteiger charge is -2.33. The van der Waals surface area contributed by atoms with Crippen molar-refractivity contribution < 1.29 is 24.6 Å². The Bertz CT molecular complexity index is 603. The van der Waals surface area contributed by atoms with Gasteiger partial charge < -0.3 is 26.2 Å². The van der Waals surface area contributed by atoms with E-state index in [-0.39, 0.29) is 23.8 Å². The number of primary amides is 1. The van der Waals surface area contributed by atoms with Gasteiger partial charge in [-0.1, -0.05) is 33.1 Å². The number of fused-ring (bicyclic) bond motifs is 1. The van der Waals surface area contributed by atoms with Crippen molar-refractivity contribution in [2.75, 3.05) is 13.1 Å². The Hall–Kier alpha value is -1.83. The number of rotatable bonds is 6. The molecule has 3 amide bonds. The van der Waals surface area contributed by atoms with Crippen LogP contribution in [0.2, 0.25) is 0 Å². The van der Waals surface area contributed by atoms with Crippen molar-refractivity contribution in [2.45, 2.75) is 51.7 Å². The molecule has 25 heavy (non-hydrogen) atoms. The second kappa shape index (κ2) is 5.86. The van der Waals surface area contributed by atoms with Crippen molar-refractivity contribution in [3.05, 3.63) is 0 Å². The Morgan fingerprint density at radius 3 is 2.44 bits per heavy atom. The Morgan fingerprint density at radius 1 is 1.32 bits per heavy atom. The summed E-state index contributed by atoms with van der Waals surface area (Å²) in [6.45, 7) is 4.40. The van der Waals surface area contributed by atoms with E-state index in [0.29, 0.717) is 18.9 Å². The smallest absolute Gasteiger partial charge is 0.407 e. The molecule has 3 aliphatic rings. The molecule has 5 N–H and O–H groups in total. The van der Waals surface area contributed by atoms with Crippen molar-refractivity contribution >= 4 is 17.9 Å². The van der Waals surface area contributed by atoms with E-state index in [1.165, 1.54) is 4.90 Å². The highest BCUT2D eigenvalue weighted by Crippen LogP contribution is 2.72. The van der Waals surface area contributed by atoms with E-state index in [1.807, 2.05) is 13.8 Å². The Labute approximate surface area is 146 Å². The van der Waals surface area contributed by atoms with Crippen molar-refractivity contribution in [1.82, 2.24) is 10.2 Å². The Balaban J connectivity index is 1.74. The third kappa shape index (κ3) is 2.67. The van der Waals surface area contributed by atoms with Gasteiger partial charge in [-0.25, -0.2) is 4.79 Å². The lowest BCUT2D eigenvalue weighted by Crippen LogP contribution is -2.53. The quantitative estimate of drug-likeness (QED) is 0.539. The van der Waals surface area contributed by atoms with E-state index in [4.69, 9.17) is 5.73 Å². The van der Waals surface area contributed by atoms with Crippen LogP contribution in [0.4, 0.5) is 4.79 Å². The topological polar surface area (TPSA) is 133 Å². The number of aliphatic hydroxyl groups excluding tert-OH is 1. The molecule has 3 rings (SSSR count). The number of carbonyl (C=O) groups excluding carboxylic acids is 2. The number of nitrogens with one attached hydrogen (secondary N) is 1. The number of aliphatic hydroxyl groups is 1. The number of nitrogens with zero attached hydrogens (tertiary/aromatic N) is 1. The summed E-state index contributed by atoms with van der Waals surface area (Å²) >= 11 is 0. The standard InChI is InChI=1S/C17H27N3O5/c1-16(2)11-7-20(15(24)25)8-17(11,16)14(23)19-10(12(21)13(18)22)6-9-4-3-5-9/h9-12,21H,3-8H2,1-2H3,(H2,18,22)(H,19,23)(H,24,25). The van der Waals surface area contributed by atoms with Gasteiger partial charge in [-0.05, 0) is 23.7 Å². The number of piperidine rings is 1. The van der Waals surface area contributed by atoms with E-state index in [1.54, 1.807) is 0 Å². The number of hydrogen-bond acceptors (Lipinski definition) is 4. The summed E-state index contributed by atoms with van der Waals surface area (Å²) in [7, 11) is 0. The van der Waals surface area contributed by atoms with Crippen LogP contribution in [0.25, 0.3) is 0 Å². The lowest BCUT2D eigenvalue weighted by molar-refractivity contribution is -0.132. The average Bonchev–Trinajstić information content (AvgIpc) is 2.84. The second-order valence-electron chi connectivity index (χ2n) is 8.37. The van der Waals surface area contributed by atoms with Gasteiger partial charge in [-0.3, -0.25) is 9.59 Å². The summed E-state index contributed by atoms with van der Waals surface area (Å²) in [6, 6.07) is -0.722. The fourth-order valence-electron chi connectivity index (χ4n) is 4.77. The van der Waals surface area contributed by atoms with Crippen LogP contribution in [-0.2, 0) is 9.59 Å². The molecule has 1 heterocycles. The van der Waals surface area contributed by atoms with Crippen LogP contribution in [0.1, 0.15) is 39.5 Å². The SMILES string of the molecule is CC1(C)C2CN(C(=O)O)CC21C(=O)NC(CC1CCC1)C(O)C(N)=O. The maximum atomic E-state index is 13.0. The normalized spacial score (nSPS) is 32.3. The van der Waals surface area contributed by atoms with Gasteiger partial charge in [0.1, 0.15) is 0 Å². The van der Waals surface area contributed by atoms with Gasteiger partial charge in [0, 0.05) is 13.1 Å². The first-order valence-corrected chi connectivity index (χ1v) is 8.87. The van der Waals surface area contributed by atoms with Crippen LogP contribution < -0.4 is 11.1 Å². The molecule has 2 saturated carbocycles. The maximum absolute atomic E-state index is 13.0. The molecule has 0 spiro atoms. The molecular formula is C17H27N3O5. The molecule has 0 aromatic carbocycles. The van der Waals surface area contributed by atoms with Gasteiger partial charge in [0.05, 0.1) is 11.5 Å². The van der Waals surface area contributed by atoms with Gasteiger partial charge in [0.15, 0.2) is 6.10 Å². The number of amides is 3. The molecule has 4 atom stereocenters. The highest BCUT2D eigenvalue weighted by atomic mass is 16.4. The Kier molecular flexibility index (Phi) is 4.21. The average molecular weight is 353 g/mol. The van der Waals surface area contributed by atoms with E-state index in [2.05, 4.69) is 5.32 Å². The van der Waals surface area contributed by atoms with Crippen molar-refractivity contribution in [2.24, 2.45) is 28.4 Å². The first-order chi connectivity index (χ1) is 11.6. The summed E-state index contributed by atoms with van der Waals surface area (Å²) < 4.78 is 0. The van der Waals surface area contributed by atoms with E-state index in [0.717, 1.165) is 19.3 Å². The zero-order chi connectivity index (χ0) is 18.6. The minimum atomic E-state index is -1.43. The lowest BCUT2D eigenvalue weighted by atomic mass is 9.79. The summed E-state index contributed by atoms with van der Waals surface area (Å²) in [5, 5.41) is 22.2. The van der Waals surface area contributed by atoms with Crippen LogP contribution in [0.15, 0.2) is 0 Å². The summed E-state index contributed by atoms with van der Waals surface area (Å²) in [5.74, 6) is -0.812. The van der Waals surface area contributed by atoms with Crippen molar-refractivity contribution in [3.8, 4) is 0 Å². The zero-order valence-electron chi connectivity index (χ0n) is 14.7. The van der Waals surface area contributed by atoms with E-state index in [9.17, 15) is 24.6 Å². The minimum Gasteiger partial charge on any atom is -0.465 e. The van der Waals surface area contributed by atoms with Crippen molar-refractivity contribution in [3.63, 3.8) is 0 Å². The van der Waals surface area contributed by atoms with Crippen molar-refractivity contribution in [1.29, 1.82) is 0 Å². The summed E-state index contributed by atoms with van der Waals surface area (Å²) in [4.78, 5) is 37.0. The number of nitrogens with two attached hydrogens (primary N) is 1. The van der Waals surface area contributed by atoms with E-state index < -0.39 is 29.6 Å². The zero-order valence-corrected chi connectivity index (χ0v) is 14.7. The third-order valence-electron chi connectivity index (χ3n) is 6.85. The summed E-state index contributed by atoms with van der Waals surface area (Å²) in [5.41, 5.74) is 4.14. The predicted octanol–water partition coefficient (Wildman–Crippen LogP) is 0.144. The van der Waals surface area contributed by atoms with Gasteiger partial charge in [0.25, 0.3) is 0 Å². The Morgan fingerprint density at radius 2 is 1.96 bits per heavy atom. The van der Waals surface area contributed by atoms with Gasteiger partial charge in [-0.2, -0.15) is 0 Å². The number of carbonyl (C=O) groups is 3. The van der Waals surface area contributed by atoms with Crippen LogP contribution >= 0.6 is 0 Å². The molecule has 2 aliphatic carbocycles. The minimum absolute atomic E-state index is 0.0498. The largest absolute Gasteiger partial charge is 0.465 e.